The van der Waals surface area contributed by atoms with Gasteiger partial charge in [0, 0.05) is 37.7 Å². The molecule has 4 aromatic rings. The number of carbonyl (C=O) groups is 1. The van der Waals surface area contributed by atoms with Gasteiger partial charge in [-0.05, 0) is 61.6 Å². The van der Waals surface area contributed by atoms with Gasteiger partial charge in [0.25, 0.3) is 17.5 Å². The van der Waals surface area contributed by atoms with Crippen LogP contribution in [0.15, 0.2) is 41.3 Å². The third-order valence-electron chi connectivity index (χ3n) is 10.0. The van der Waals surface area contributed by atoms with Crippen molar-refractivity contribution in [3.8, 4) is 17.3 Å². The van der Waals surface area contributed by atoms with Crippen LogP contribution in [0.25, 0.3) is 32.9 Å². The highest BCUT2D eigenvalue weighted by Gasteiger charge is 2.49. The van der Waals surface area contributed by atoms with E-state index >= 15 is 8.78 Å². The van der Waals surface area contributed by atoms with Gasteiger partial charge >= 0.3 is 6.09 Å². The molecule has 0 aliphatic carbocycles. The zero-order chi connectivity index (χ0) is 35.3. The Morgan fingerprint density at radius 2 is 2.02 bits per heavy atom. The van der Waals surface area contributed by atoms with Crippen molar-refractivity contribution >= 4 is 27.8 Å². The van der Waals surface area contributed by atoms with Crippen molar-refractivity contribution in [2.24, 2.45) is 0 Å². The van der Waals surface area contributed by atoms with Gasteiger partial charge in [0.2, 0.25) is 0 Å². The maximum atomic E-state index is 16.3. The molecule has 3 saturated heterocycles. The molecule has 2 aromatic carbocycles. The number of fused-ring (bicyclic) bond motifs is 3. The van der Waals surface area contributed by atoms with Crippen molar-refractivity contribution in [1.82, 2.24) is 30.5 Å². The lowest BCUT2D eigenvalue weighted by Crippen LogP contribution is -2.61. The van der Waals surface area contributed by atoms with Crippen molar-refractivity contribution in [3.05, 3.63) is 64.1 Å². The van der Waals surface area contributed by atoms with E-state index < -0.39 is 59.4 Å². The average molecular weight is 701 g/mol. The summed E-state index contributed by atoms with van der Waals surface area (Å²) in [6, 6.07) is 7.66. The minimum Gasteiger partial charge on any atom is -0.463 e. The fourth-order valence-corrected chi connectivity index (χ4v) is 7.83. The largest absolute Gasteiger partial charge is 0.463 e. The lowest BCUT2D eigenvalue weighted by molar-refractivity contribution is -0.0490. The van der Waals surface area contributed by atoms with Crippen molar-refractivity contribution in [3.63, 3.8) is 0 Å². The van der Waals surface area contributed by atoms with Gasteiger partial charge in [0.1, 0.15) is 29.8 Å². The Bertz CT molecular complexity index is 2010. The number of piperidine rings is 1. The maximum absolute atomic E-state index is 16.3. The average Bonchev–Trinajstić information content (AvgIpc) is 3.58. The Morgan fingerprint density at radius 1 is 1.18 bits per heavy atom. The second kappa shape index (κ2) is 13.1. The summed E-state index contributed by atoms with van der Waals surface area (Å²) in [6.45, 7) is 2.22. The highest BCUT2D eigenvalue weighted by molar-refractivity contribution is 5.99. The molecule has 1 amide bonds. The molecule has 5 heterocycles. The summed E-state index contributed by atoms with van der Waals surface area (Å²) in [4.78, 5) is 38.5. The lowest BCUT2D eigenvalue weighted by Gasteiger charge is -2.38. The summed E-state index contributed by atoms with van der Waals surface area (Å²) in [7, 11) is 0. The molecule has 266 valence electrons. The van der Waals surface area contributed by atoms with Crippen LogP contribution in [-0.2, 0) is 11.2 Å². The number of rotatable bonds is 9. The van der Waals surface area contributed by atoms with Gasteiger partial charge in [0.05, 0.1) is 29.6 Å². The first-order valence-electron chi connectivity index (χ1n) is 16.7. The molecule has 10 nitrogen and oxygen atoms in total. The molecular formula is C35H37F5N6O4. The van der Waals surface area contributed by atoms with E-state index in [0.29, 0.717) is 23.7 Å². The second-order valence-corrected chi connectivity index (χ2v) is 13.9. The Balaban J connectivity index is 1.12. The van der Waals surface area contributed by atoms with E-state index in [1.807, 2.05) is 0 Å². The topological polar surface area (TPSA) is 121 Å². The first-order valence-corrected chi connectivity index (χ1v) is 16.7. The highest BCUT2D eigenvalue weighted by Crippen LogP contribution is 2.40. The number of benzene rings is 2. The lowest BCUT2D eigenvalue weighted by atomic mass is 9.90. The summed E-state index contributed by atoms with van der Waals surface area (Å²) in [5.41, 5.74) is -2.30. The maximum Gasteiger partial charge on any atom is 0.407 e. The zero-order valence-corrected chi connectivity index (χ0v) is 27.4. The molecule has 0 bridgehead atoms. The first kappa shape index (κ1) is 34.1. The number of aromatic amines is 1. The van der Waals surface area contributed by atoms with Crippen LogP contribution >= 0.6 is 0 Å². The molecule has 1 unspecified atom stereocenters. The number of aryl methyl sites for hydroxylation is 1. The first-order chi connectivity index (χ1) is 23.9. The normalized spacial score (nSPS) is 24.8. The Kier molecular flexibility index (Phi) is 8.91. The number of ether oxygens (including phenoxy) is 2. The molecule has 3 atom stereocenters. The van der Waals surface area contributed by atoms with Crippen LogP contribution in [0.4, 0.5) is 26.7 Å². The van der Waals surface area contributed by atoms with Crippen molar-refractivity contribution in [2.75, 3.05) is 39.4 Å². The smallest absolute Gasteiger partial charge is 0.407 e. The summed E-state index contributed by atoms with van der Waals surface area (Å²) >= 11 is 0. The quantitative estimate of drug-likeness (QED) is 0.157. The van der Waals surface area contributed by atoms with Crippen LogP contribution in [-0.4, -0.2) is 88.5 Å². The van der Waals surface area contributed by atoms with E-state index in [1.165, 1.54) is 19.2 Å². The predicted molar refractivity (Wildman–Crippen MR) is 175 cm³/mol. The van der Waals surface area contributed by atoms with Gasteiger partial charge in [-0.1, -0.05) is 24.3 Å². The van der Waals surface area contributed by atoms with E-state index in [4.69, 9.17) is 9.47 Å². The number of H-pyrrole nitrogens is 1. The van der Waals surface area contributed by atoms with Crippen molar-refractivity contribution in [1.29, 1.82) is 0 Å². The van der Waals surface area contributed by atoms with Crippen LogP contribution in [0.5, 0.6) is 6.01 Å². The number of nitrogens with one attached hydrogen (secondary N) is 3. The number of hydrogen-bond donors (Lipinski definition) is 3. The van der Waals surface area contributed by atoms with E-state index in [1.54, 1.807) is 24.3 Å². The van der Waals surface area contributed by atoms with Crippen LogP contribution < -0.4 is 20.9 Å². The third kappa shape index (κ3) is 6.60. The fourth-order valence-electron chi connectivity index (χ4n) is 7.83. The number of pyridine rings is 1. The van der Waals surface area contributed by atoms with E-state index in [0.717, 1.165) is 19.4 Å². The fraction of sp³-hybridized carbons (Fsp3) is 0.486. The highest BCUT2D eigenvalue weighted by atomic mass is 19.3. The van der Waals surface area contributed by atoms with E-state index in [2.05, 4.69) is 30.5 Å². The van der Waals surface area contributed by atoms with Crippen LogP contribution in [0, 0.1) is 11.6 Å². The molecule has 15 heteroatoms. The summed E-state index contributed by atoms with van der Waals surface area (Å²) in [5.74, 6) is -4.44. The van der Waals surface area contributed by atoms with E-state index in [9.17, 15) is 22.8 Å². The van der Waals surface area contributed by atoms with Crippen LogP contribution in [0.2, 0.25) is 0 Å². The minimum atomic E-state index is -2.97. The third-order valence-corrected chi connectivity index (χ3v) is 10.0. The molecule has 3 N–H and O–H groups in total. The van der Waals surface area contributed by atoms with Gasteiger partial charge in [-0.2, -0.15) is 4.98 Å². The molecule has 3 fully saturated rings. The van der Waals surface area contributed by atoms with Crippen molar-refractivity contribution < 1.29 is 36.2 Å². The minimum absolute atomic E-state index is 0.0885. The van der Waals surface area contributed by atoms with Crippen LogP contribution in [0.1, 0.15) is 44.6 Å². The Morgan fingerprint density at radius 3 is 2.84 bits per heavy atom. The number of nitrogens with zero attached hydrogens (tertiary/aromatic N) is 3. The standard InChI is InChI=1S/C35H37F5N6O4/c1-33(16-35(39,40)18-41-17-33)45-32(48)49-12-3-7-22-25(37)9-8-20-5-2-6-23(26(20)22)28-27(38)29-24(14-42-28)30(47)44-31(43-29)50-19-34-10-4-11-46(34)15-21(36)13-34/h2,5-6,8-9,14,21,41H,3-4,7,10-13,15-19H2,1H3,(H,45,48)(H,43,44,47)/t21-,33?,34+/m1/s1. The number of alkyl halides is 3. The molecule has 3 aliphatic rings. The molecule has 0 saturated carbocycles. The Labute approximate surface area is 283 Å². The van der Waals surface area contributed by atoms with Gasteiger partial charge in [-0.15, -0.1) is 0 Å². The SMILES string of the molecule is CC1(NC(=O)OCCCc2c(F)ccc3cccc(-c4ncc5c(=O)[nH]c(OC[C@@]67CCCN6C[C@H](F)C7)nc5c4F)c23)CNCC(F)(F)C1. The predicted octanol–water partition coefficient (Wildman–Crippen LogP) is 5.42. The number of carbonyl (C=O) groups excluding carboxylic acids is 1. The van der Waals surface area contributed by atoms with Gasteiger partial charge < -0.3 is 20.1 Å². The number of aromatic nitrogens is 3. The summed E-state index contributed by atoms with van der Waals surface area (Å²) < 4.78 is 84.9. The van der Waals surface area contributed by atoms with Gasteiger partial charge in [-0.3, -0.25) is 19.7 Å². The number of amides is 1. The summed E-state index contributed by atoms with van der Waals surface area (Å²) in [5, 5.41) is 5.99. The van der Waals surface area contributed by atoms with Crippen LogP contribution in [0.3, 0.4) is 0 Å². The molecule has 0 radical (unpaired) electrons. The molecule has 50 heavy (non-hydrogen) atoms. The second-order valence-electron chi connectivity index (χ2n) is 13.9. The van der Waals surface area contributed by atoms with Gasteiger partial charge in [-0.25, -0.2) is 26.7 Å². The number of halogens is 5. The van der Waals surface area contributed by atoms with Gasteiger partial charge in [0.15, 0.2) is 5.82 Å². The zero-order valence-electron chi connectivity index (χ0n) is 27.4. The molecule has 0 spiro atoms. The molecular weight excluding hydrogens is 663 g/mol. The number of hydrogen-bond acceptors (Lipinski definition) is 8. The summed E-state index contributed by atoms with van der Waals surface area (Å²) in [6.07, 6.45) is 1.05. The molecule has 3 aliphatic heterocycles. The number of alkyl carbamates (subject to hydrolysis) is 1. The monoisotopic (exact) mass is 700 g/mol. The molecule has 2 aromatic heterocycles. The Hall–Kier alpha value is -4.37. The molecule has 7 rings (SSSR count). The van der Waals surface area contributed by atoms with E-state index in [-0.39, 0.29) is 66.3 Å². The van der Waals surface area contributed by atoms with Crippen molar-refractivity contribution in [2.45, 2.75) is 68.6 Å².